The molecule has 8 heteroatoms. The summed E-state index contributed by atoms with van der Waals surface area (Å²) in [6, 6.07) is 6.28. The molecule has 0 bridgehead atoms. The van der Waals surface area contributed by atoms with Crippen LogP contribution in [0.5, 0.6) is 0 Å². The molecule has 1 aliphatic heterocycles. The summed E-state index contributed by atoms with van der Waals surface area (Å²) in [7, 11) is -3.28. The quantitative estimate of drug-likeness (QED) is 0.858. The number of hydrogen-bond acceptors (Lipinski definition) is 5. The number of hydrogen-bond donors (Lipinski definition) is 1. The van der Waals surface area contributed by atoms with E-state index in [-0.39, 0.29) is 23.6 Å². The lowest BCUT2D eigenvalue weighted by Crippen LogP contribution is -2.34. The molecule has 0 radical (unpaired) electrons. The first-order valence-electron chi connectivity index (χ1n) is 7.96. The highest BCUT2D eigenvalue weighted by Gasteiger charge is 2.30. The van der Waals surface area contributed by atoms with Crippen molar-refractivity contribution >= 4 is 39.1 Å². The third-order valence-electron chi connectivity index (χ3n) is 4.37. The first-order valence-corrected chi connectivity index (χ1v) is 10.7. The molecule has 1 aromatic rings. The maximum absolute atomic E-state index is 12.5. The van der Waals surface area contributed by atoms with E-state index in [1.165, 1.54) is 16.7 Å². The van der Waals surface area contributed by atoms with E-state index in [1.54, 1.807) is 24.3 Å². The zero-order valence-corrected chi connectivity index (χ0v) is 14.9. The van der Waals surface area contributed by atoms with Crippen molar-refractivity contribution in [2.24, 2.45) is 0 Å². The highest BCUT2D eigenvalue weighted by molar-refractivity contribution is 8.00. The second-order valence-corrected chi connectivity index (χ2v) is 9.28. The molecule has 1 saturated heterocycles. The normalized spacial score (nSPS) is 19.0. The summed E-state index contributed by atoms with van der Waals surface area (Å²) in [4.78, 5) is 25.3. The summed E-state index contributed by atoms with van der Waals surface area (Å²) in [6.07, 6.45) is 3.38. The Labute approximate surface area is 145 Å². The van der Waals surface area contributed by atoms with E-state index < -0.39 is 9.84 Å². The van der Waals surface area contributed by atoms with Crippen LogP contribution in [0, 0.1) is 0 Å². The van der Waals surface area contributed by atoms with Gasteiger partial charge in [0.15, 0.2) is 9.84 Å². The first kappa shape index (κ1) is 17.3. The zero-order chi connectivity index (χ0) is 17.2. The molecule has 130 valence electrons. The highest BCUT2D eigenvalue weighted by Crippen LogP contribution is 2.30. The van der Waals surface area contributed by atoms with Crippen LogP contribution in [-0.2, 0) is 19.4 Å². The molecule has 1 heterocycles. The van der Waals surface area contributed by atoms with E-state index in [4.69, 9.17) is 0 Å². The summed E-state index contributed by atoms with van der Waals surface area (Å²) < 4.78 is 25.0. The molecule has 0 aromatic heterocycles. The third kappa shape index (κ3) is 3.75. The van der Waals surface area contributed by atoms with Gasteiger partial charge in [-0.05, 0) is 37.1 Å². The SMILES string of the molecule is O=C(CN1CSCC1=O)Nc1ccc(S(=O)(=O)C2CCCC2)cc1. The highest BCUT2D eigenvalue weighted by atomic mass is 32.2. The minimum Gasteiger partial charge on any atom is -0.325 e. The van der Waals surface area contributed by atoms with Gasteiger partial charge in [-0.2, -0.15) is 0 Å². The Kier molecular flexibility index (Phi) is 5.15. The molecule has 1 saturated carbocycles. The van der Waals surface area contributed by atoms with Crippen LogP contribution in [0.4, 0.5) is 5.69 Å². The number of nitrogens with one attached hydrogen (secondary N) is 1. The number of thioether (sulfide) groups is 1. The van der Waals surface area contributed by atoms with Crippen molar-refractivity contribution in [2.75, 3.05) is 23.5 Å². The maximum Gasteiger partial charge on any atom is 0.244 e. The molecule has 0 spiro atoms. The van der Waals surface area contributed by atoms with Crippen molar-refractivity contribution in [3.63, 3.8) is 0 Å². The lowest BCUT2D eigenvalue weighted by atomic mass is 10.3. The Hall–Kier alpha value is -1.54. The molecular formula is C16H20N2O4S2. The van der Waals surface area contributed by atoms with Gasteiger partial charge in [0.2, 0.25) is 11.8 Å². The first-order chi connectivity index (χ1) is 11.5. The van der Waals surface area contributed by atoms with Crippen LogP contribution in [0.15, 0.2) is 29.2 Å². The molecule has 1 aliphatic carbocycles. The molecule has 0 atom stereocenters. The van der Waals surface area contributed by atoms with Crippen molar-refractivity contribution < 1.29 is 18.0 Å². The molecule has 1 N–H and O–H groups in total. The molecule has 3 rings (SSSR count). The van der Waals surface area contributed by atoms with Gasteiger partial charge in [0, 0.05) is 5.69 Å². The minimum absolute atomic E-state index is 0.0218. The maximum atomic E-state index is 12.5. The molecule has 24 heavy (non-hydrogen) atoms. The lowest BCUT2D eigenvalue weighted by Gasteiger charge is -2.15. The monoisotopic (exact) mass is 368 g/mol. The van der Waals surface area contributed by atoms with E-state index in [0.717, 1.165) is 25.7 Å². The molecule has 1 aromatic carbocycles. The van der Waals surface area contributed by atoms with Crippen molar-refractivity contribution in [1.29, 1.82) is 0 Å². The number of carbonyl (C=O) groups is 2. The van der Waals surface area contributed by atoms with E-state index in [0.29, 0.717) is 22.2 Å². The summed E-state index contributed by atoms with van der Waals surface area (Å²) in [5.41, 5.74) is 0.532. The summed E-state index contributed by atoms with van der Waals surface area (Å²) in [5.74, 6) is 0.636. The number of nitrogens with zero attached hydrogens (tertiary/aromatic N) is 1. The Morgan fingerprint density at radius 2 is 1.88 bits per heavy atom. The van der Waals surface area contributed by atoms with E-state index in [1.807, 2.05) is 0 Å². The average Bonchev–Trinajstić information content (AvgIpc) is 3.21. The Morgan fingerprint density at radius 1 is 1.21 bits per heavy atom. The van der Waals surface area contributed by atoms with Gasteiger partial charge in [0.05, 0.1) is 21.8 Å². The van der Waals surface area contributed by atoms with Crippen molar-refractivity contribution in [2.45, 2.75) is 35.8 Å². The fourth-order valence-electron chi connectivity index (χ4n) is 3.03. The third-order valence-corrected chi connectivity index (χ3v) is 7.59. The number of amides is 2. The van der Waals surface area contributed by atoms with Crippen LogP contribution < -0.4 is 5.32 Å². The number of anilines is 1. The predicted octanol–water partition coefficient (Wildman–Crippen LogP) is 1.87. The molecule has 2 aliphatic rings. The van der Waals surface area contributed by atoms with Crippen LogP contribution >= 0.6 is 11.8 Å². The summed E-state index contributed by atoms with van der Waals surface area (Å²) in [5, 5.41) is 2.42. The van der Waals surface area contributed by atoms with Crippen molar-refractivity contribution in [1.82, 2.24) is 4.90 Å². The number of carbonyl (C=O) groups excluding carboxylic acids is 2. The van der Waals surface area contributed by atoms with E-state index in [2.05, 4.69) is 5.32 Å². The minimum atomic E-state index is -3.28. The number of sulfone groups is 1. The lowest BCUT2D eigenvalue weighted by molar-refractivity contribution is -0.130. The van der Waals surface area contributed by atoms with Crippen molar-refractivity contribution in [3.8, 4) is 0 Å². The van der Waals surface area contributed by atoms with Gasteiger partial charge in [-0.3, -0.25) is 9.59 Å². The van der Waals surface area contributed by atoms with Gasteiger partial charge in [-0.1, -0.05) is 12.8 Å². The standard InChI is InChI=1S/C16H20N2O4S2/c19-15(9-18-11-23-10-16(18)20)17-12-5-7-14(8-6-12)24(21,22)13-3-1-2-4-13/h5-8,13H,1-4,9-11H2,(H,17,19). The van der Waals surface area contributed by atoms with Crippen molar-refractivity contribution in [3.05, 3.63) is 24.3 Å². The fraction of sp³-hybridized carbons (Fsp3) is 0.500. The van der Waals surface area contributed by atoms with Crippen LogP contribution in [0.3, 0.4) is 0 Å². The van der Waals surface area contributed by atoms with E-state index >= 15 is 0 Å². The second-order valence-electron chi connectivity index (χ2n) is 6.09. The van der Waals surface area contributed by atoms with Gasteiger partial charge < -0.3 is 10.2 Å². The Bertz CT molecular complexity index is 725. The number of rotatable bonds is 5. The van der Waals surface area contributed by atoms with Crippen LogP contribution in [-0.4, -0.2) is 48.6 Å². The Morgan fingerprint density at radius 3 is 2.46 bits per heavy atom. The van der Waals surface area contributed by atoms with E-state index in [9.17, 15) is 18.0 Å². The average molecular weight is 368 g/mol. The van der Waals surface area contributed by atoms with Crippen LogP contribution in [0.2, 0.25) is 0 Å². The Balaban J connectivity index is 1.62. The van der Waals surface area contributed by atoms with Crippen LogP contribution in [0.1, 0.15) is 25.7 Å². The second kappa shape index (κ2) is 7.14. The van der Waals surface area contributed by atoms with Gasteiger partial charge in [0.1, 0.15) is 6.54 Å². The fourth-order valence-corrected chi connectivity index (χ4v) is 5.79. The predicted molar refractivity (Wildman–Crippen MR) is 93.6 cm³/mol. The van der Waals surface area contributed by atoms with Gasteiger partial charge in [0.25, 0.3) is 0 Å². The molecule has 2 fully saturated rings. The van der Waals surface area contributed by atoms with Gasteiger partial charge in [-0.15, -0.1) is 11.8 Å². The zero-order valence-electron chi connectivity index (χ0n) is 13.2. The number of benzene rings is 1. The molecular weight excluding hydrogens is 348 g/mol. The molecule has 0 unspecified atom stereocenters. The topological polar surface area (TPSA) is 83.6 Å². The molecule has 6 nitrogen and oxygen atoms in total. The largest absolute Gasteiger partial charge is 0.325 e. The molecule has 2 amide bonds. The van der Waals surface area contributed by atoms with Gasteiger partial charge in [-0.25, -0.2) is 8.42 Å². The van der Waals surface area contributed by atoms with Crippen LogP contribution in [0.25, 0.3) is 0 Å². The smallest absolute Gasteiger partial charge is 0.244 e. The van der Waals surface area contributed by atoms with Gasteiger partial charge >= 0.3 is 0 Å². The summed E-state index contributed by atoms with van der Waals surface area (Å²) >= 11 is 1.48. The summed E-state index contributed by atoms with van der Waals surface area (Å²) in [6.45, 7) is 0.0218.